The standard InChI is InChI=1S/C15H22N2O3S/c1-12-3-6-21-13(12)7-17-4-5-20-15(10-17)9-16(2)14(18)8-19-11-15/h3,6H,4-5,7-11H2,1-2H3. The molecule has 2 aliphatic rings. The zero-order valence-corrected chi connectivity index (χ0v) is 13.4. The molecule has 1 atom stereocenters. The summed E-state index contributed by atoms with van der Waals surface area (Å²) in [5, 5.41) is 2.14. The first-order valence-electron chi connectivity index (χ1n) is 7.29. The first-order valence-corrected chi connectivity index (χ1v) is 8.17. The number of carbonyl (C=O) groups excluding carboxylic acids is 1. The van der Waals surface area contributed by atoms with E-state index in [9.17, 15) is 4.79 Å². The maximum absolute atomic E-state index is 11.8. The molecule has 1 aromatic rings. The maximum atomic E-state index is 11.8. The van der Waals surface area contributed by atoms with Crippen LogP contribution in [0.4, 0.5) is 0 Å². The SMILES string of the molecule is Cc1ccsc1CN1CCOC2(COCC(=O)N(C)C2)C1. The minimum atomic E-state index is -0.385. The van der Waals surface area contributed by atoms with E-state index >= 15 is 0 Å². The third-order valence-electron chi connectivity index (χ3n) is 4.20. The lowest BCUT2D eigenvalue weighted by Gasteiger charge is -2.42. The van der Waals surface area contributed by atoms with Crippen molar-refractivity contribution in [3.8, 4) is 0 Å². The molecule has 0 radical (unpaired) electrons. The number of amides is 1. The quantitative estimate of drug-likeness (QED) is 0.821. The van der Waals surface area contributed by atoms with E-state index < -0.39 is 0 Å². The Kier molecular flexibility index (Phi) is 4.31. The lowest BCUT2D eigenvalue weighted by atomic mass is 10.0. The number of carbonyl (C=O) groups is 1. The summed E-state index contributed by atoms with van der Waals surface area (Å²) in [7, 11) is 1.82. The second kappa shape index (κ2) is 6.04. The molecule has 1 unspecified atom stereocenters. The predicted octanol–water partition coefficient (Wildman–Crippen LogP) is 1.12. The molecule has 5 nitrogen and oxygen atoms in total. The van der Waals surface area contributed by atoms with Crippen molar-refractivity contribution < 1.29 is 14.3 Å². The Morgan fingerprint density at radius 2 is 2.29 bits per heavy atom. The molecule has 3 rings (SSSR count). The average Bonchev–Trinajstić information content (AvgIpc) is 2.78. The molecule has 0 bridgehead atoms. The highest BCUT2D eigenvalue weighted by Crippen LogP contribution is 2.25. The topological polar surface area (TPSA) is 42.0 Å². The fourth-order valence-electron chi connectivity index (χ4n) is 3.01. The van der Waals surface area contributed by atoms with Crippen molar-refractivity contribution in [2.75, 3.05) is 46.5 Å². The minimum Gasteiger partial charge on any atom is -0.369 e. The molecule has 1 aromatic heterocycles. The van der Waals surface area contributed by atoms with E-state index in [0.29, 0.717) is 19.8 Å². The summed E-state index contributed by atoms with van der Waals surface area (Å²) in [5.74, 6) is 0.0294. The zero-order chi connectivity index (χ0) is 14.9. The number of aryl methyl sites for hydroxylation is 1. The maximum Gasteiger partial charge on any atom is 0.248 e. The molecule has 2 saturated heterocycles. The Bertz CT molecular complexity index is 519. The molecule has 2 aliphatic heterocycles. The van der Waals surface area contributed by atoms with Crippen LogP contribution in [0.1, 0.15) is 10.4 Å². The molecule has 0 N–H and O–H groups in total. The Hall–Kier alpha value is -0.950. The number of morpholine rings is 1. The highest BCUT2D eigenvalue weighted by atomic mass is 32.1. The van der Waals surface area contributed by atoms with Gasteiger partial charge in [0.25, 0.3) is 0 Å². The Morgan fingerprint density at radius 1 is 1.43 bits per heavy atom. The minimum absolute atomic E-state index is 0.0294. The predicted molar refractivity (Wildman–Crippen MR) is 81.5 cm³/mol. The summed E-state index contributed by atoms with van der Waals surface area (Å²) in [6.45, 7) is 6.78. The molecule has 0 saturated carbocycles. The van der Waals surface area contributed by atoms with Gasteiger partial charge in [-0.25, -0.2) is 0 Å². The number of hydrogen-bond acceptors (Lipinski definition) is 5. The Balaban J connectivity index is 1.70. The van der Waals surface area contributed by atoms with E-state index in [-0.39, 0.29) is 18.1 Å². The summed E-state index contributed by atoms with van der Waals surface area (Å²) in [5.41, 5.74) is 0.967. The lowest BCUT2D eigenvalue weighted by molar-refractivity contribution is -0.143. The van der Waals surface area contributed by atoms with Gasteiger partial charge >= 0.3 is 0 Å². The molecule has 1 spiro atoms. The molecule has 21 heavy (non-hydrogen) atoms. The van der Waals surface area contributed by atoms with Crippen LogP contribution in [0.15, 0.2) is 11.4 Å². The first kappa shape index (κ1) is 15.0. The Morgan fingerprint density at radius 3 is 3.05 bits per heavy atom. The number of likely N-dealkylation sites (N-methyl/N-ethyl adjacent to an activating group) is 1. The lowest BCUT2D eigenvalue weighted by Crippen LogP contribution is -2.58. The summed E-state index contributed by atoms with van der Waals surface area (Å²) >= 11 is 1.81. The monoisotopic (exact) mass is 310 g/mol. The summed E-state index contributed by atoms with van der Waals surface area (Å²) < 4.78 is 11.6. The van der Waals surface area contributed by atoms with Crippen LogP contribution in [-0.2, 0) is 20.8 Å². The van der Waals surface area contributed by atoms with Gasteiger partial charge in [-0.2, -0.15) is 0 Å². The molecule has 2 fully saturated rings. The van der Waals surface area contributed by atoms with E-state index in [2.05, 4.69) is 23.3 Å². The molecule has 3 heterocycles. The molecule has 116 valence electrons. The van der Waals surface area contributed by atoms with Gasteiger partial charge in [0, 0.05) is 31.6 Å². The van der Waals surface area contributed by atoms with E-state index in [1.54, 1.807) is 16.2 Å². The normalized spacial score (nSPS) is 28.1. The summed E-state index contributed by atoms with van der Waals surface area (Å²) in [6.07, 6.45) is 0. The number of rotatable bonds is 2. The van der Waals surface area contributed by atoms with Gasteiger partial charge in [0.05, 0.1) is 19.8 Å². The van der Waals surface area contributed by atoms with Crippen LogP contribution in [0.25, 0.3) is 0 Å². The fraction of sp³-hybridized carbons (Fsp3) is 0.667. The van der Waals surface area contributed by atoms with Gasteiger partial charge in [0.2, 0.25) is 5.91 Å². The van der Waals surface area contributed by atoms with Crippen LogP contribution in [-0.4, -0.2) is 67.8 Å². The van der Waals surface area contributed by atoms with Gasteiger partial charge in [0.15, 0.2) is 0 Å². The van der Waals surface area contributed by atoms with Crippen LogP contribution >= 0.6 is 11.3 Å². The third-order valence-corrected chi connectivity index (χ3v) is 5.21. The molecule has 0 aliphatic carbocycles. The van der Waals surface area contributed by atoms with Crippen LogP contribution in [0.3, 0.4) is 0 Å². The van der Waals surface area contributed by atoms with E-state index in [1.807, 2.05) is 7.05 Å². The molecular formula is C15H22N2O3S. The van der Waals surface area contributed by atoms with E-state index in [4.69, 9.17) is 9.47 Å². The van der Waals surface area contributed by atoms with Gasteiger partial charge in [-0.3, -0.25) is 9.69 Å². The van der Waals surface area contributed by atoms with E-state index in [1.165, 1.54) is 10.4 Å². The average molecular weight is 310 g/mol. The van der Waals surface area contributed by atoms with Crippen molar-refractivity contribution in [2.24, 2.45) is 0 Å². The molecule has 6 heteroatoms. The number of hydrogen-bond donors (Lipinski definition) is 0. The second-order valence-electron chi connectivity index (χ2n) is 6.01. The molecule has 0 aromatic carbocycles. The Labute approximate surface area is 129 Å². The van der Waals surface area contributed by atoms with Gasteiger partial charge in [-0.05, 0) is 23.9 Å². The van der Waals surface area contributed by atoms with Crippen LogP contribution in [0.5, 0.6) is 0 Å². The van der Waals surface area contributed by atoms with Crippen molar-refractivity contribution in [3.05, 3.63) is 21.9 Å². The summed E-state index contributed by atoms with van der Waals surface area (Å²) in [4.78, 5) is 17.3. The van der Waals surface area contributed by atoms with Crippen molar-refractivity contribution in [3.63, 3.8) is 0 Å². The van der Waals surface area contributed by atoms with Gasteiger partial charge in [-0.15, -0.1) is 11.3 Å². The van der Waals surface area contributed by atoms with Crippen LogP contribution < -0.4 is 0 Å². The second-order valence-corrected chi connectivity index (χ2v) is 7.01. The van der Waals surface area contributed by atoms with Crippen molar-refractivity contribution in [2.45, 2.75) is 19.1 Å². The third kappa shape index (κ3) is 3.29. The van der Waals surface area contributed by atoms with Gasteiger partial charge in [0.1, 0.15) is 12.2 Å². The fourth-order valence-corrected chi connectivity index (χ4v) is 3.96. The van der Waals surface area contributed by atoms with Crippen molar-refractivity contribution >= 4 is 17.2 Å². The zero-order valence-electron chi connectivity index (χ0n) is 12.6. The molecule has 1 amide bonds. The van der Waals surface area contributed by atoms with Crippen LogP contribution in [0.2, 0.25) is 0 Å². The van der Waals surface area contributed by atoms with Crippen LogP contribution in [0, 0.1) is 6.92 Å². The van der Waals surface area contributed by atoms with Crippen molar-refractivity contribution in [1.29, 1.82) is 0 Å². The summed E-state index contributed by atoms with van der Waals surface area (Å²) in [6, 6.07) is 2.16. The highest BCUT2D eigenvalue weighted by molar-refractivity contribution is 7.10. The highest BCUT2D eigenvalue weighted by Gasteiger charge is 2.41. The first-order chi connectivity index (χ1) is 10.1. The largest absolute Gasteiger partial charge is 0.369 e. The van der Waals surface area contributed by atoms with Crippen molar-refractivity contribution in [1.82, 2.24) is 9.80 Å². The van der Waals surface area contributed by atoms with Gasteiger partial charge in [-0.1, -0.05) is 0 Å². The smallest absolute Gasteiger partial charge is 0.248 e. The number of ether oxygens (including phenoxy) is 2. The van der Waals surface area contributed by atoms with Gasteiger partial charge < -0.3 is 14.4 Å². The number of nitrogens with zero attached hydrogens (tertiary/aromatic N) is 2. The number of thiophene rings is 1. The van der Waals surface area contributed by atoms with E-state index in [0.717, 1.165) is 19.6 Å². The molecular weight excluding hydrogens is 288 g/mol.